The first-order valence-corrected chi connectivity index (χ1v) is 9.15. The Morgan fingerprint density at radius 2 is 1.89 bits per heavy atom. The SMILES string of the molecule is COc1cccc(CC(=O)N2CCN(C(=O)[C@@H]3CC[C@H](CN)O3)CC2)c1.Cl. The third-order valence-electron chi connectivity index (χ3n) is 5.08. The molecular formula is C19H28ClN3O4. The zero-order valence-corrected chi connectivity index (χ0v) is 16.5. The molecule has 2 atom stereocenters. The van der Waals surface area contributed by atoms with Crippen LogP contribution in [-0.2, 0) is 20.7 Å². The normalized spacial score (nSPS) is 22.3. The fraction of sp³-hybridized carbons (Fsp3) is 0.579. The summed E-state index contributed by atoms with van der Waals surface area (Å²) in [6, 6.07) is 7.54. The number of nitrogens with two attached hydrogens (primary N) is 1. The number of halogens is 1. The van der Waals surface area contributed by atoms with Crippen LogP contribution in [0.3, 0.4) is 0 Å². The second-order valence-electron chi connectivity index (χ2n) is 6.79. The number of hydrogen-bond donors (Lipinski definition) is 1. The van der Waals surface area contributed by atoms with E-state index in [4.69, 9.17) is 15.2 Å². The van der Waals surface area contributed by atoms with Crippen LogP contribution in [0.1, 0.15) is 18.4 Å². The zero-order valence-electron chi connectivity index (χ0n) is 15.6. The first kappa shape index (κ1) is 21.5. The fourth-order valence-electron chi connectivity index (χ4n) is 3.51. The number of carbonyl (C=O) groups excluding carboxylic acids is 2. The summed E-state index contributed by atoms with van der Waals surface area (Å²) in [7, 11) is 1.61. The molecule has 2 heterocycles. The highest BCUT2D eigenvalue weighted by molar-refractivity contribution is 5.85. The summed E-state index contributed by atoms with van der Waals surface area (Å²) in [6.07, 6.45) is 1.54. The van der Waals surface area contributed by atoms with E-state index in [1.54, 1.807) is 12.0 Å². The molecule has 150 valence electrons. The smallest absolute Gasteiger partial charge is 0.251 e. The standard InChI is InChI=1S/C19H27N3O4.ClH/c1-25-15-4-2-3-14(11-15)12-18(23)21-7-9-22(10-8-21)19(24)17-6-5-16(13-20)26-17;/h2-4,11,16-17H,5-10,12-13,20H2,1H3;1H/t16-,17+;/m1./s1. The van der Waals surface area contributed by atoms with Gasteiger partial charge in [-0.05, 0) is 30.5 Å². The molecule has 0 spiro atoms. The van der Waals surface area contributed by atoms with Gasteiger partial charge in [-0.15, -0.1) is 12.4 Å². The highest BCUT2D eigenvalue weighted by Gasteiger charge is 2.34. The Bertz CT molecular complexity index is 650. The summed E-state index contributed by atoms with van der Waals surface area (Å²) < 4.78 is 10.9. The monoisotopic (exact) mass is 397 g/mol. The highest BCUT2D eigenvalue weighted by Crippen LogP contribution is 2.21. The highest BCUT2D eigenvalue weighted by atomic mass is 35.5. The van der Waals surface area contributed by atoms with Gasteiger partial charge in [0.15, 0.2) is 0 Å². The van der Waals surface area contributed by atoms with E-state index in [-0.39, 0.29) is 36.4 Å². The Hall–Kier alpha value is -1.83. The molecule has 0 saturated carbocycles. The van der Waals surface area contributed by atoms with Crippen LogP contribution in [0.4, 0.5) is 0 Å². The predicted molar refractivity (Wildman–Crippen MR) is 104 cm³/mol. The molecule has 2 N–H and O–H groups in total. The predicted octanol–water partition coefficient (Wildman–Crippen LogP) is 0.837. The van der Waals surface area contributed by atoms with E-state index in [0.717, 1.165) is 24.2 Å². The third kappa shape index (κ3) is 5.34. The summed E-state index contributed by atoms with van der Waals surface area (Å²) >= 11 is 0. The number of amides is 2. The number of benzene rings is 1. The van der Waals surface area contributed by atoms with Gasteiger partial charge < -0.3 is 25.0 Å². The van der Waals surface area contributed by atoms with Gasteiger partial charge in [0.2, 0.25) is 5.91 Å². The molecule has 27 heavy (non-hydrogen) atoms. The van der Waals surface area contributed by atoms with E-state index in [9.17, 15) is 9.59 Å². The molecule has 2 amide bonds. The molecule has 1 aromatic carbocycles. The van der Waals surface area contributed by atoms with E-state index in [1.165, 1.54) is 0 Å². The van der Waals surface area contributed by atoms with Crippen LogP contribution in [0, 0.1) is 0 Å². The fourth-order valence-corrected chi connectivity index (χ4v) is 3.51. The molecule has 2 saturated heterocycles. The number of hydrogen-bond acceptors (Lipinski definition) is 5. The van der Waals surface area contributed by atoms with Crippen LogP contribution in [0.25, 0.3) is 0 Å². The summed E-state index contributed by atoms with van der Waals surface area (Å²) in [5.41, 5.74) is 6.54. The lowest BCUT2D eigenvalue weighted by molar-refractivity contribution is -0.147. The van der Waals surface area contributed by atoms with Crippen LogP contribution >= 0.6 is 12.4 Å². The van der Waals surface area contributed by atoms with Gasteiger partial charge in [-0.25, -0.2) is 0 Å². The number of nitrogens with zero attached hydrogens (tertiary/aromatic N) is 2. The van der Waals surface area contributed by atoms with Crippen molar-refractivity contribution < 1.29 is 19.1 Å². The van der Waals surface area contributed by atoms with E-state index in [1.807, 2.05) is 29.2 Å². The molecule has 0 radical (unpaired) electrons. The molecule has 0 aliphatic carbocycles. The van der Waals surface area contributed by atoms with Crippen molar-refractivity contribution in [1.29, 1.82) is 0 Å². The molecule has 3 rings (SSSR count). The number of rotatable bonds is 5. The van der Waals surface area contributed by atoms with E-state index >= 15 is 0 Å². The lowest BCUT2D eigenvalue weighted by Crippen LogP contribution is -2.53. The van der Waals surface area contributed by atoms with Crippen LogP contribution in [0.5, 0.6) is 5.75 Å². The van der Waals surface area contributed by atoms with Crippen molar-refractivity contribution in [3.8, 4) is 5.75 Å². The third-order valence-corrected chi connectivity index (χ3v) is 5.08. The van der Waals surface area contributed by atoms with Gasteiger partial charge in [-0.3, -0.25) is 9.59 Å². The Morgan fingerprint density at radius 1 is 1.19 bits per heavy atom. The maximum atomic E-state index is 12.5. The van der Waals surface area contributed by atoms with Crippen LogP contribution in [0.2, 0.25) is 0 Å². The number of carbonyl (C=O) groups is 2. The van der Waals surface area contributed by atoms with Gasteiger partial charge >= 0.3 is 0 Å². The second-order valence-corrected chi connectivity index (χ2v) is 6.79. The summed E-state index contributed by atoms with van der Waals surface area (Å²) in [4.78, 5) is 28.7. The molecule has 2 aliphatic heterocycles. The minimum atomic E-state index is -0.373. The number of piperazine rings is 1. The number of ether oxygens (including phenoxy) is 2. The first-order chi connectivity index (χ1) is 12.6. The molecule has 0 bridgehead atoms. The van der Waals surface area contributed by atoms with Crippen molar-refractivity contribution in [2.75, 3.05) is 39.8 Å². The minimum Gasteiger partial charge on any atom is -0.497 e. The number of methoxy groups -OCH3 is 1. The lowest BCUT2D eigenvalue weighted by Gasteiger charge is -2.36. The average Bonchev–Trinajstić information content (AvgIpc) is 3.17. The van der Waals surface area contributed by atoms with E-state index in [0.29, 0.717) is 39.1 Å². The van der Waals surface area contributed by atoms with E-state index < -0.39 is 0 Å². The second kappa shape index (κ2) is 9.92. The van der Waals surface area contributed by atoms with Crippen molar-refractivity contribution in [3.63, 3.8) is 0 Å². The molecule has 1 aromatic rings. The maximum Gasteiger partial charge on any atom is 0.251 e. The van der Waals surface area contributed by atoms with Gasteiger partial charge in [-0.1, -0.05) is 12.1 Å². The molecule has 2 aliphatic rings. The molecule has 8 heteroatoms. The lowest BCUT2D eigenvalue weighted by atomic mass is 10.1. The topological polar surface area (TPSA) is 85.1 Å². The van der Waals surface area contributed by atoms with Gasteiger partial charge in [0.25, 0.3) is 5.91 Å². The van der Waals surface area contributed by atoms with Crippen molar-refractivity contribution in [1.82, 2.24) is 9.80 Å². The molecule has 7 nitrogen and oxygen atoms in total. The van der Waals surface area contributed by atoms with Crippen molar-refractivity contribution in [2.45, 2.75) is 31.5 Å². The minimum absolute atomic E-state index is 0. The Balaban J connectivity index is 0.00000261. The molecule has 0 unspecified atom stereocenters. The van der Waals surface area contributed by atoms with E-state index in [2.05, 4.69) is 0 Å². The zero-order chi connectivity index (χ0) is 18.5. The maximum absolute atomic E-state index is 12.5. The average molecular weight is 398 g/mol. The van der Waals surface area contributed by atoms with Gasteiger partial charge in [0.05, 0.1) is 19.6 Å². The van der Waals surface area contributed by atoms with Crippen molar-refractivity contribution >= 4 is 24.2 Å². The first-order valence-electron chi connectivity index (χ1n) is 9.15. The van der Waals surface area contributed by atoms with Gasteiger partial charge in [0, 0.05) is 32.7 Å². The Morgan fingerprint density at radius 3 is 2.52 bits per heavy atom. The summed E-state index contributed by atoms with van der Waals surface area (Å²) in [5.74, 6) is 0.851. The van der Waals surface area contributed by atoms with Crippen LogP contribution in [0.15, 0.2) is 24.3 Å². The summed E-state index contributed by atoms with van der Waals surface area (Å²) in [6.45, 7) is 2.67. The van der Waals surface area contributed by atoms with Gasteiger partial charge in [0.1, 0.15) is 11.9 Å². The molecule has 2 fully saturated rings. The quantitative estimate of drug-likeness (QED) is 0.795. The molecule has 0 aromatic heterocycles. The molecular weight excluding hydrogens is 370 g/mol. The van der Waals surface area contributed by atoms with Crippen LogP contribution in [-0.4, -0.2) is 73.7 Å². The van der Waals surface area contributed by atoms with Crippen molar-refractivity contribution in [3.05, 3.63) is 29.8 Å². The Labute approximate surface area is 166 Å². The van der Waals surface area contributed by atoms with Crippen LogP contribution < -0.4 is 10.5 Å². The van der Waals surface area contributed by atoms with Gasteiger partial charge in [-0.2, -0.15) is 0 Å². The summed E-state index contributed by atoms with van der Waals surface area (Å²) in [5, 5.41) is 0. The van der Waals surface area contributed by atoms with Crippen molar-refractivity contribution in [2.24, 2.45) is 5.73 Å². The largest absolute Gasteiger partial charge is 0.497 e. The Kier molecular flexibility index (Phi) is 7.89.